The number of hydrogen-bond acceptors (Lipinski definition) is 2. The van der Waals surface area contributed by atoms with Crippen LogP contribution in [-0.4, -0.2) is 31.1 Å². The number of piperazine rings is 1. The van der Waals surface area contributed by atoms with Crippen LogP contribution in [0.5, 0.6) is 0 Å². The number of rotatable bonds is 3. The van der Waals surface area contributed by atoms with E-state index in [1.807, 2.05) is 0 Å². The minimum Gasteiger partial charge on any atom is -0.314 e. The fraction of sp³-hybridized carbons (Fsp3) is 0.364. The Morgan fingerprint density at radius 3 is 2.25 bits per heavy atom. The molecule has 0 bridgehead atoms. The van der Waals surface area contributed by atoms with Crippen molar-refractivity contribution in [1.29, 1.82) is 0 Å². The number of fused-ring (bicyclic) bond motifs is 3. The lowest BCUT2D eigenvalue weighted by molar-refractivity contribution is 0.157. The van der Waals surface area contributed by atoms with Crippen molar-refractivity contribution in [2.45, 2.75) is 18.9 Å². The second-order valence-corrected chi connectivity index (χ2v) is 7.30. The van der Waals surface area contributed by atoms with Crippen LogP contribution >= 0.6 is 0 Å². The minimum absolute atomic E-state index is 0.585. The summed E-state index contributed by atoms with van der Waals surface area (Å²) in [6.45, 7) is 4.58. The predicted molar refractivity (Wildman–Crippen MR) is 101 cm³/mol. The summed E-state index contributed by atoms with van der Waals surface area (Å²) in [7, 11) is 0. The molecule has 2 fully saturated rings. The van der Waals surface area contributed by atoms with Gasteiger partial charge in [0.25, 0.3) is 0 Å². The quantitative estimate of drug-likeness (QED) is 0.723. The Morgan fingerprint density at radius 1 is 0.833 bits per heavy atom. The number of benzene rings is 3. The van der Waals surface area contributed by atoms with E-state index in [1.54, 1.807) is 5.56 Å². The highest BCUT2D eigenvalue weighted by molar-refractivity contribution is 6.09. The van der Waals surface area contributed by atoms with Gasteiger partial charge in [0.1, 0.15) is 0 Å². The van der Waals surface area contributed by atoms with Gasteiger partial charge in [-0.3, -0.25) is 4.90 Å². The zero-order valence-corrected chi connectivity index (χ0v) is 14.0. The van der Waals surface area contributed by atoms with Crippen LogP contribution in [0.25, 0.3) is 21.5 Å². The van der Waals surface area contributed by atoms with Gasteiger partial charge in [0.05, 0.1) is 0 Å². The predicted octanol–water partition coefficient (Wildman–Crippen LogP) is 4.35. The van der Waals surface area contributed by atoms with Gasteiger partial charge in [-0.25, -0.2) is 0 Å². The highest BCUT2D eigenvalue weighted by atomic mass is 15.2. The third-order valence-corrected chi connectivity index (χ3v) is 5.73. The van der Waals surface area contributed by atoms with E-state index in [9.17, 15) is 0 Å². The lowest BCUT2D eigenvalue weighted by Gasteiger charge is -2.36. The molecule has 3 aromatic rings. The first-order valence-corrected chi connectivity index (χ1v) is 9.27. The summed E-state index contributed by atoms with van der Waals surface area (Å²) in [5.74, 6) is 0.840. The molecule has 1 saturated heterocycles. The monoisotopic (exact) mass is 316 g/mol. The second kappa shape index (κ2) is 5.87. The van der Waals surface area contributed by atoms with Crippen LogP contribution in [0.2, 0.25) is 0 Å². The molecule has 2 aliphatic rings. The Morgan fingerprint density at radius 2 is 1.50 bits per heavy atom. The summed E-state index contributed by atoms with van der Waals surface area (Å²) in [6.07, 6.45) is 2.77. The molecule has 1 heterocycles. The van der Waals surface area contributed by atoms with Gasteiger partial charge in [0.15, 0.2) is 0 Å². The fourth-order valence-electron chi connectivity index (χ4n) is 4.45. The van der Waals surface area contributed by atoms with Gasteiger partial charge in [-0.05, 0) is 51.9 Å². The highest BCUT2D eigenvalue weighted by Gasteiger charge is 2.37. The normalized spacial score (nSPS) is 20.5. The summed E-state index contributed by atoms with van der Waals surface area (Å²) in [5, 5.41) is 9.13. The van der Waals surface area contributed by atoms with Crippen LogP contribution in [0.15, 0.2) is 54.6 Å². The van der Waals surface area contributed by atoms with Crippen molar-refractivity contribution < 1.29 is 0 Å². The summed E-state index contributed by atoms with van der Waals surface area (Å²) in [6, 6.07) is 20.9. The number of nitrogens with one attached hydrogen (secondary N) is 1. The topological polar surface area (TPSA) is 15.3 Å². The largest absolute Gasteiger partial charge is 0.314 e. The maximum Gasteiger partial charge on any atom is 0.0383 e. The molecule has 0 spiro atoms. The SMILES string of the molecule is c1ccc2c(c1)cc([C@@H](C1CC1)N1CCNCC1)c1ccccc12. The van der Waals surface area contributed by atoms with Crippen LogP contribution < -0.4 is 5.32 Å². The molecule has 122 valence electrons. The van der Waals surface area contributed by atoms with Crippen molar-refractivity contribution >= 4 is 21.5 Å². The average Bonchev–Trinajstić information content (AvgIpc) is 3.48. The molecule has 24 heavy (non-hydrogen) atoms. The van der Waals surface area contributed by atoms with Gasteiger partial charge < -0.3 is 5.32 Å². The molecule has 1 atom stereocenters. The van der Waals surface area contributed by atoms with Crippen molar-refractivity contribution in [1.82, 2.24) is 10.2 Å². The molecule has 0 radical (unpaired) electrons. The molecule has 1 aliphatic heterocycles. The fourth-order valence-corrected chi connectivity index (χ4v) is 4.45. The van der Waals surface area contributed by atoms with Crippen molar-refractivity contribution in [3.05, 3.63) is 60.2 Å². The summed E-state index contributed by atoms with van der Waals surface area (Å²) in [4.78, 5) is 2.73. The lowest BCUT2D eigenvalue weighted by Crippen LogP contribution is -2.45. The average molecular weight is 316 g/mol. The Labute approximate surface area is 143 Å². The highest BCUT2D eigenvalue weighted by Crippen LogP contribution is 2.47. The van der Waals surface area contributed by atoms with Gasteiger partial charge >= 0.3 is 0 Å². The number of nitrogens with zero attached hydrogens (tertiary/aromatic N) is 1. The van der Waals surface area contributed by atoms with E-state index in [0.717, 1.165) is 19.0 Å². The van der Waals surface area contributed by atoms with Crippen LogP contribution in [0.1, 0.15) is 24.4 Å². The summed E-state index contributed by atoms with van der Waals surface area (Å²) < 4.78 is 0. The molecule has 3 aromatic carbocycles. The van der Waals surface area contributed by atoms with Gasteiger partial charge in [-0.2, -0.15) is 0 Å². The minimum atomic E-state index is 0.585. The van der Waals surface area contributed by atoms with Gasteiger partial charge in [0, 0.05) is 32.2 Å². The number of hydrogen-bond donors (Lipinski definition) is 1. The van der Waals surface area contributed by atoms with E-state index in [-0.39, 0.29) is 0 Å². The van der Waals surface area contributed by atoms with E-state index in [2.05, 4.69) is 64.8 Å². The second-order valence-electron chi connectivity index (χ2n) is 7.30. The molecule has 0 unspecified atom stereocenters. The standard InChI is InChI=1S/C22H24N2/c1-2-6-18-17(5-1)15-21(20-8-4-3-7-19(18)20)22(16-9-10-16)24-13-11-23-12-14-24/h1-8,15-16,22-23H,9-14H2/t22-/m1/s1. The molecule has 1 saturated carbocycles. The van der Waals surface area contributed by atoms with Crippen molar-refractivity contribution in [3.63, 3.8) is 0 Å². The van der Waals surface area contributed by atoms with Crippen LogP contribution in [0.4, 0.5) is 0 Å². The first kappa shape index (κ1) is 14.4. The molecule has 1 aliphatic carbocycles. The Bertz CT molecular complexity index is 875. The molecular weight excluding hydrogens is 292 g/mol. The summed E-state index contributed by atoms with van der Waals surface area (Å²) in [5.41, 5.74) is 1.55. The molecule has 1 N–H and O–H groups in total. The first-order chi connectivity index (χ1) is 11.9. The maximum atomic E-state index is 3.51. The first-order valence-electron chi connectivity index (χ1n) is 9.27. The maximum absolute atomic E-state index is 3.51. The van der Waals surface area contributed by atoms with Crippen LogP contribution in [0.3, 0.4) is 0 Å². The van der Waals surface area contributed by atoms with Gasteiger partial charge in [0.2, 0.25) is 0 Å². The van der Waals surface area contributed by atoms with E-state index in [4.69, 9.17) is 0 Å². The van der Waals surface area contributed by atoms with Crippen LogP contribution in [0, 0.1) is 5.92 Å². The smallest absolute Gasteiger partial charge is 0.0383 e. The van der Waals surface area contributed by atoms with Crippen molar-refractivity contribution in [2.24, 2.45) is 5.92 Å². The summed E-state index contributed by atoms with van der Waals surface area (Å²) >= 11 is 0. The third-order valence-electron chi connectivity index (χ3n) is 5.73. The Balaban J connectivity index is 1.73. The molecular formula is C22H24N2. The molecule has 0 aromatic heterocycles. The van der Waals surface area contributed by atoms with E-state index in [0.29, 0.717) is 6.04 Å². The molecule has 0 amide bonds. The van der Waals surface area contributed by atoms with Gasteiger partial charge in [-0.15, -0.1) is 0 Å². The van der Waals surface area contributed by atoms with Crippen LogP contribution in [-0.2, 0) is 0 Å². The molecule has 2 nitrogen and oxygen atoms in total. The van der Waals surface area contributed by atoms with Crippen molar-refractivity contribution in [3.8, 4) is 0 Å². The zero-order valence-electron chi connectivity index (χ0n) is 14.0. The molecule has 2 heteroatoms. The third kappa shape index (κ3) is 2.42. The Kier molecular flexibility index (Phi) is 3.53. The zero-order chi connectivity index (χ0) is 15.9. The Hall–Kier alpha value is -1.90. The molecule has 5 rings (SSSR count). The van der Waals surface area contributed by atoms with E-state index >= 15 is 0 Å². The van der Waals surface area contributed by atoms with Gasteiger partial charge in [-0.1, -0.05) is 48.5 Å². The van der Waals surface area contributed by atoms with E-state index in [1.165, 1.54) is 47.5 Å². The van der Waals surface area contributed by atoms with E-state index < -0.39 is 0 Å². The lowest BCUT2D eigenvalue weighted by atomic mass is 9.90. The van der Waals surface area contributed by atoms with Crippen molar-refractivity contribution in [2.75, 3.05) is 26.2 Å².